The number of H-pyrrole nitrogens is 1. The van der Waals surface area contributed by atoms with Gasteiger partial charge in [0.1, 0.15) is 5.56 Å². The number of halogens is 2. The van der Waals surface area contributed by atoms with E-state index < -0.39 is 5.97 Å². The van der Waals surface area contributed by atoms with Crippen LogP contribution in [0, 0.1) is 6.92 Å². The van der Waals surface area contributed by atoms with Crippen LogP contribution in [0.3, 0.4) is 0 Å². The summed E-state index contributed by atoms with van der Waals surface area (Å²) in [6, 6.07) is 5.17. The molecule has 0 aliphatic carbocycles. The number of esters is 1. The summed E-state index contributed by atoms with van der Waals surface area (Å²) in [4.78, 5) is 11.9. The highest BCUT2D eigenvalue weighted by molar-refractivity contribution is 6.43. The minimum Gasteiger partial charge on any atom is -0.462 e. The summed E-state index contributed by atoms with van der Waals surface area (Å²) >= 11 is 12.0. The largest absolute Gasteiger partial charge is 0.462 e. The van der Waals surface area contributed by atoms with E-state index in [1.807, 2.05) is 0 Å². The molecule has 0 fully saturated rings. The van der Waals surface area contributed by atoms with Crippen molar-refractivity contribution in [2.45, 2.75) is 13.8 Å². The lowest BCUT2D eigenvalue weighted by atomic mass is 10.2. The van der Waals surface area contributed by atoms with E-state index in [1.165, 1.54) is 0 Å². The number of benzene rings is 1. The lowest BCUT2D eigenvalue weighted by Gasteiger charge is -2.08. The first-order valence-electron chi connectivity index (χ1n) is 5.97. The fourth-order valence-electron chi connectivity index (χ4n) is 1.70. The van der Waals surface area contributed by atoms with Gasteiger partial charge < -0.3 is 10.1 Å². The average Bonchev–Trinajstić information content (AvgIpc) is 2.76. The predicted molar refractivity (Wildman–Crippen MR) is 79.0 cm³/mol. The van der Waals surface area contributed by atoms with Gasteiger partial charge in [0.05, 0.1) is 22.3 Å². The lowest BCUT2D eigenvalue weighted by Crippen LogP contribution is -2.08. The number of hydrogen-bond donors (Lipinski definition) is 2. The summed E-state index contributed by atoms with van der Waals surface area (Å²) in [6.45, 7) is 3.78. The molecule has 5 nitrogen and oxygen atoms in total. The lowest BCUT2D eigenvalue weighted by molar-refractivity contribution is 0.0527. The van der Waals surface area contributed by atoms with E-state index in [4.69, 9.17) is 27.9 Å². The molecule has 20 heavy (non-hydrogen) atoms. The monoisotopic (exact) mass is 313 g/mol. The third kappa shape index (κ3) is 2.89. The minimum absolute atomic E-state index is 0.292. The molecule has 0 bridgehead atoms. The Morgan fingerprint density at radius 3 is 2.90 bits per heavy atom. The Hall–Kier alpha value is -1.72. The van der Waals surface area contributed by atoms with Crippen LogP contribution in [0.2, 0.25) is 10.0 Å². The molecule has 1 aromatic heterocycles. The standard InChI is InChI=1S/C13H13Cl2N3O2/c1-3-20-13(19)10-7(2)17-18-12(10)16-9-6-4-5-8(14)11(9)15/h4-6H,3H2,1-2H3,(H2,16,17,18). The number of nitrogens with one attached hydrogen (secondary N) is 2. The van der Waals surface area contributed by atoms with Crippen LogP contribution in [0.4, 0.5) is 11.5 Å². The maximum atomic E-state index is 11.9. The van der Waals surface area contributed by atoms with Gasteiger partial charge in [0, 0.05) is 5.69 Å². The van der Waals surface area contributed by atoms with Gasteiger partial charge in [-0.1, -0.05) is 29.3 Å². The first-order chi connectivity index (χ1) is 9.54. The fourth-order valence-corrected chi connectivity index (χ4v) is 2.05. The molecule has 0 aliphatic heterocycles. The van der Waals surface area contributed by atoms with E-state index in [0.29, 0.717) is 39.4 Å². The summed E-state index contributed by atoms with van der Waals surface area (Å²) in [7, 11) is 0. The first-order valence-corrected chi connectivity index (χ1v) is 6.73. The molecule has 2 N–H and O–H groups in total. The van der Waals surface area contributed by atoms with Crippen molar-refractivity contribution in [2.24, 2.45) is 0 Å². The van der Waals surface area contributed by atoms with Gasteiger partial charge in [-0.25, -0.2) is 4.79 Å². The molecule has 0 unspecified atom stereocenters. The van der Waals surface area contributed by atoms with E-state index in [9.17, 15) is 4.79 Å². The van der Waals surface area contributed by atoms with Crippen LogP contribution >= 0.6 is 23.2 Å². The number of carbonyl (C=O) groups excluding carboxylic acids is 1. The maximum absolute atomic E-state index is 11.9. The Balaban J connectivity index is 2.35. The molecule has 1 heterocycles. The molecule has 0 spiro atoms. The minimum atomic E-state index is -0.445. The number of anilines is 2. The van der Waals surface area contributed by atoms with Crippen molar-refractivity contribution in [3.8, 4) is 0 Å². The molecular formula is C13H13Cl2N3O2. The number of carbonyl (C=O) groups is 1. The highest BCUT2D eigenvalue weighted by Crippen LogP contribution is 2.32. The Bertz CT molecular complexity index is 641. The third-order valence-corrected chi connectivity index (χ3v) is 3.45. The zero-order valence-electron chi connectivity index (χ0n) is 11.0. The van der Waals surface area contributed by atoms with E-state index in [0.717, 1.165) is 0 Å². The molecule has 0 radical (unpaired) electrons. The number of aromatic nitrogens is 2. The molecule has 0 atom stereocenters. The molecule has 7 heteroatoms. The summed E-state index contributed by atoms with van der Waals surface area (Å²) in [5, 5.41) is 10.6. The summed E-state index contributed by atoms with van der Waals surface area (Å²) in [5.74, 6) is -0.0930. The third-order valence-electron chi connectivity index (χ3n) is 2.63. The first kappa shape index (κ1) is 14.7. The topological polar surface area (TPSA) is 67.0 Å². The smallest absolute Gasteiger partial charge is 0.343 e. The van der Waals surface area contributed by atoms with Crippen LogP contribution < -0.4 is 5.32 Å². The van der Waals surface area contributed by atoms with Crippen molar-refractivity contribution in [3.63, 3.8) is 0 Å². The van der Waals surface area contributed by atoms with Crippen LogP contribution in [0.5, 0.6) is 0 Å². The highest BCUT2D eigenvalue weighted by Gasteiger charge is 2.20. The Morgan fingerprint density at radius 1 is 1.45 bits per heavy atom. The van der Waals surface area contributed by atoms with Crippen LogP contribution in [0.1, 0.15) is 23.0 Å². The van der Waals surface area contributed by atoms with Gasteiger partial charge in [-0.05, 0) is 26.0 Å². The Kier molecular flexibility index (Phi) is 4.52. The second-order valence-electron chi connectivity index (χ2n) is 4.02. The van der Waals surface area contributed by atoms with Crippen molar-refractivity contribution in [1.82, 2.24) is 10.2 Å². The molecule has 0 saturated heterocycles. The van der Waals surface area contributed by atoms with E-state index >= 15 is 0 Å². The average molecular weight is 314 g/mol. The zero-order valence-corrected chi connectivity index (χ0v) is 12.5. The molecule has 0 saturated carbocycles. The van der Waals surface area contributed by atoms with Crippen LogP contribution in [-0.2, 0) is 4.74 Å². The molecular weight excluding hydrogens is 301 g/mol. The van der Waals surface area contributed by atoms with Crippen molar-refractivity contribution >= 4 is 40.7 Å². The molecule has 106 valence electrons. The van der Waals surface area contributed by atoms with Gasteiger partial charge in [-0.3, -0.25) is 5.10 Å². The number of hydrogen-bond acceptors (Lipinski definition) is 4. The molecule has 1 aromatic carbocycles. The number of aryl methyl sites for hydroxylation is 1. The van der Waals surface area contributed by atoms with Gasteiger partial charge in [-0.15, -0.1) is 0 Å². The van der Waals surface area contributed by atoms with Crippen LogP contribution in [-0.4, -0.2) is 22.8 Å². The number of ether oxygens (including phenoxy) is 1. The fraction of sp³-hybridized carbons (Fsp3) is 0.231. The summed E-state index contributed by atoms with van der Waals surface area (Å²) in [5.41, 5.74) is 1.53. The van der Waals surface area contributed by atoms with Crippen molar-refractivity contribution in [2.75, 3.05) is 11.9 Å². The Labute approximate surface area is 126 Å². The van der Waals surface area contributed by atoms with Gasteiger partial charge in [0.15, 0.2) is 5.82 Å². The summed E-state index contributed by atoms with van der Waals surface area (Å²) < 4.78 is 5.00. The zero-order chi connectivity index (χ0) is 14.7. The van der Waals surface area contributed by atoms with E-state index in [-0.39, 0.29) is 0 Å². The second-order valence-corrected chi connectivity index (χ2v) is 4.80. The summed E-state index contributed by atoms with van der Waals surface area (Å²) in [6.07, 6.45) is 0. The Morgan fingerprint density at radius 2 is 2.20 bits per heavy atom. The number of nitrogens with zero attached hydrogens (tertiary/aromatic N) is 1. The molecule has 2 aromatic rings. The number of rotatable bonds is 4. The molecule has 0 aliphatic rings. The van der Waals surface area contributed by atoms with Crippen molar-refractivity contribution < 1.29 is 9.53 Å². The van der Waals surface area contributed by atoms with Crippen LogP contribution in [0.25, 0.3) is 0 Å². The van der Waals surface area contributed by atoms with Crippen molar-refractivity contribution in [3.05, 3.63) is 39.5 Å². The normalized spacial score (nSPS) is 10.4. The predicted octanol–water partition coefficient (Wildman–Crippen LogP) is 3.95. The maximum Gasteiger partial charge on any atom is 0.343 e. The van der Waals surface area contributed by atoms with Gasteiger partial charge in [0.25, 0.3) is 0 Å². The van der Waals surface area contributed by atoms with Gasteiger partial charge >= 0.3 is 5.97 Å². The van der Waals surface area contributed by atoms with Crippen molar-refractivity contribution in [1.29, 1.82) is 0 Å². The molecule has 2 rings (SSSR count). The van der Waals surface area contributed by atoms with E-state index in [2.05, 4.69) is 15.5 Å². The second kappa shape index (κ2) is 6.15. The van der Waals surface area contributed by atoms with E-state index in [1.54, 1.807) is 32.0 Å². The SMILES string of the molecule is CCOC(=O)c1c(Nc2cccc(Cl)c2Cl)n[nH]c1C. The molecule has 0 amide bonds. The quantitative estimate of drug-likeness (QED) is 0.839. The number of aromatic amines is 1. The van der Waals surface area contributed by atoms with Gasteiger partial charge in [0.2, 0.25) is 0 Å². The van der Waals surface area contributed by atoms with Crippen LogP contribution in [0.15, 0.2) is 18.2 Å². The highest BCUT2D eigenvalue weighted by atomic mass is 35.5. The van der Waals surface area contributed by atoms with Gasteiger partial charge in [-0.2, -0.15) is 5.10 Å².